The van der Waals surface area contributed by atoms with Gasteiger partial charge in [-0.3, -0.25) is 10.1 Å². The third-order valence-electron chi connectivity index (χ3n) is 1.91. The summed E-state index contributed by atoms with van der Waals surface area (Å²) in [5.41, 5.74) is 5.37. The van der Waals surface area contributed by atoms with Gasteiger partial charge in [-0.1, -0.05) is 6.92 Å². The Bertz CT molecular complexity index is 309. The summed E-state index contributed by atoms with van der Waals surface area (Å²) in [7, 11) is 0. The van der Waals surface area contributed by atoms with Crippen LogP contribution in [-0.2, 0) is 11.3 Å². The van der Waals surface area contributed by atoms with Gasteiger partial charge in [0.1, 0.15) is 11.8 Å². The van der Waals surface area contributed by atoms with Crippen LogP contribution in [0.2, 0.25) is 0 Å². The second-order valence-corrected chi connectivity index (χ2v) is 2.98. The Balaban J connectivity index is 2.43. The zero-order chi connectivity index (χ0) is 10.6. The highest BCUT2D eigenvalue weighted by atomic mass is 16.4. The van der Waals surface area contributed by atoms with Crippen molar-refractivity contribution in [3.05, 3.63) is 17.9 Å². The highest BCUT2D eigenvalue weighted by Crippen LogP contribution is 2.08. The molecule has 1 heterocycles. The maximum Gasteiger partial charge on any atom is 0.320 e. The summed E-state index contributed by atoms with van der Waals surface area (Å²) < 4.78 is 5.08. The van der Waals surface area contributed by atoms with Crippen molar-refractivity contribution in [2.24, 2.45) is 0 Å². The zero-order valence-electron chi connectivity index (χ0n) is 7.99. The first-order valence-electron chi connectivity index (χ1n) is 4.44. The Labute approximate surface area is 81.9 Å². The van der Waals surface area contributed by atoms with E-state index >= 15 is 0 Å². The maximum absolute atomic E-state index is 10.6. The van der Waals surface area contributed by atoms with Crippen LogP contribution >= 0.6 is 0 Å². The molecule has 0 saturated carbocycles. The molecule has 5 heteroatoms. The number of carboxylic acids is 1. The van der Waals surface area contributed by atoms with Crippen molar-refractivity contribution in [3.63, 3.8) is 0 Å². The Morgan fingerprint density at radius 1 is 1.71 bits per heavy atom. The lowest BCUT2D eigenvalue weighted by Crippen LogP contribution is -2.35. The van der Waals surface area contributed by atoms with Gasteiger partial charge in [0.05, 0.1) is 6.54 Å². The van der Waals surface area contributed by atoms with E-state index in [1.165, 1.54) is 0 Å². The van der Waals surface area contributed by atoms with E-state index in [9.17, 15) is 4.79 Å². The number of hydrogen-bond donors (Lipinski definition) is 3. The van der Waals surface area contributed by atoms with E-state index in [0.29, 0.717) is 24.6 Å². The van der Waals surface area contributed by atoms with Crippen LogP contribution in [0.3, 0.4) is 0 Å². The summed E-state index contributed by atoms with van der Waals surface area (Å²) >= 11 is 0. The van der Waals surface area contributed by atoms with Crippen LogP contribution in [0.1, 0.15) is 19.1 Å². The predicted molar refractivity (Wildman–Crippen MR) is 51.7 cm³/mol. The fourth-order valence-corrected chi connectivity index (χ4v) is 1.12. The molecule has 0 aliphatic heterocycles. The zero-order valence-corrected chi connectivity index (χ0v) is 7.99. The highest BCUT2D eigenvalue weighted by molar-refractivity contribution is 5.73. The van der Waals surface area contributed by atoms with Crippen LogP contribution in [0.25, 0.3) is 0 Å². The van der Waals surface area contributed by atoms with Gasteiger partial charge in [0.25, 0.3) is 0 Å². The molecule has 14 heavy (non-hydrogen) atoms. The molecule has 0 aromatic carbocycles. The SMILES string of the molecule is CCC(NCc1ccc(N)o1)C(=O)O. The summed E-state index contributed by atoms with van der Waals surface area (Å²) in [5, 5.41) is 11.6. The molecule has 0 fully saturated rings. The number of nitrogens with two attached hydrogens (primary N) is 1. The van der Waals surface area contributed by atoms with E-state index in [-0.39, 0.29) is 0 Å². The van der Waals surface area contributed by atoms with Crippen LogP contribution in [-0.4, -0.2) is 17.1 Å². The smallest absolute Gasteiger partial charge is 0.320 e. The van der Waals surface area contributed by atoms with E-state index in [2.05, 4.69) is 5.32 Å². The lowest BCUT2D eigenvalue weighted by atomic mass is 10.2. The molecule has 78 valence electrons. The topological polar surface area (TPSA) is 88.5 Å². The second-order valence-electron chi connectivity index (χ2n) is 2.98. The number of furan rings is 1. The fourth-order valence-electron chi connectivity index (χ4n) is 1.12. The van der Waals surface area contributed by atoms with E-state index in [4.69, 9.17) is 15.3 Å². The molecule has 4 N–H and O–H groups in total. The highest BCUT2D eigenvalue weighted by Gasteiger charge is 2.14. The normalized spacial score (nSPS) is 12.6. The van der Waals surface area contributed by atoms with Crippen LogP contribution in [0.15, 0.2) is 16.5 Å². The number of nitrogen functional groups attached to an aromatic ring is 1. The van der Waals surface area contributed by atoms with E-state index in [1.807, 2.05) is 6.92 Å². The van der Waals surface area contributed by atoms with Gasteiger partial charge in [0.2, 0.25) is 0 Å². The largest absolute Gasteiger partial charge is 0.480 e. The van der Waals surface area contributed by atoms with Crippen molar-refractivity contribution >= 4 is 11.9 Å². The van der Waals surface area contributed by atoms with Crippen molar-refractivity contribution in [1.82, 2.24) is 5.32 Å². The van der Waals surface area contributed by atoms with Crippen LogP contribution in [0.5, 0.6) is 0 Å². The summed E-state index contributed by atoms with van der Waals surface area (Å²) in [6, 6.07) is 2.82. The second kappa shape index (κ2) is 4.66. The third kappa shape index (κ3) is 2.77. The molecule has 1 unspecified atom stereocenters. The first-order valence-corrected chi connectivity index (χ1v) is 4.44. The van der Waals surface area contributed by atoms with Gasteiger partial charge in [-0.05, 0) is 12.5 Å². The van der Waals surface area contributed by atoms with Crippen LogP contribution in [0.4, 0.5) is 5.88 Å². The Hall–Kier alpha value is -1.49. The molecular weight excluding hydrogens is 184 g/mol. The molecular formula is C9H14N2O3. The van der Waals surface area contributed by atoms with Crippen LogP contribution in [0, 0.1) is 0 Å². The Morgan fingerprint density at radius 2 is 2.43 bits per heavy atom. The molecule has 0 saturated heterocycles. The van der Waals surface area contributed by atoms with Gasteiger partial charge in [0.15, 0.2) is 5.88 Å². The number of carboxylic acid groups (broad SMARTS) is 1. The van der Waals surface area contributed by atoms with Gasteiger partial charge in [-0.15, -0.1) is 0 Å². The van der Waals surface area contributed by atoms with E-state index < -0.39 is 12.0 Å². The predicted octanol–water partition coefficient (Wildman–Crippen LogP) is 0.815. The van der Waals surface area contributed by atoms with Gasteiger partial charge >= 0.3 is 5.97 Å². The first kappa shape index (κ1) is 10.6. The molecule has 1 atom stereocenters. The van der Waals surface area contributed by atoms with Gasteiger partial charge in [0, 0.05) is 6.07 Å². The maximum atomic E-state index is 10.6. The molecule has 0 radical (unpaired) electrons. The molecule has 0 amide bonds. The van der Waals surface area contributed by atoms with E-state index in [0.717, 1.165) is 0 Å². The summed E-state index contributed by atoms with van der Waals surface area (Å²) in [6.45, 7) is 2.18. The van der Waals surface area contributed by atoms with Gasteiger partial charge < -0.3 is 15.3 Å². The van der Waals surface area contributed by atoms with Gasteiger partial charge in [-0.25, -0.2) is 0 Å². The molecule has 0 aliphatic rings. The van der Waals surface area contributed by atoms with Crippen LogP contribution < -0.4 is 11.1 Å². The fraction of sp³-hybridized carbons (Fsp3) is 0.444. The minimum absolute atomic E-state index is 0.338. The number of aliphatic carboxylic acids is 1. The number of hydrogen-bond acceptors (Lipinski definition) is 4. The molecule has 1 aromatic rings. The number of carbonyl (C=O) groups is 1. The monoisotopic (exact) mass is 198 g/mol. The average molecular weight is 198 g/mol. The quantitative estimate of drug-likeness (QED) is 0.651. The first-order chi connectivity index (χ1) is 6.63. The average Bonchev–Trinajstić information content (AvgIpc) is 2.52. The number of nitrogens with one attached hydrogen (secondary N) is 1. The number of rotatable bonds is 5. The standard InChI is InChI=1S/C9H14N2O3/c1-2-7(9(12)13)11-5-6-3-4-8(10)14-6/h3-4,7,11H,2,5,10H2,1H3,(H,12,13). The number of anilines is 1. The molecule has 0 spiro atoms. The van der Waals surface area contributed by atoms with Crippen molar-refractivity contribution < 1.29 is 14.3 Å². The van der Waals surface area contributed by atoms with Crippen molar-refractivity contribution in [3.8, 4) is 0 Å². The summed E-state index contributed by atoms with van der Waals surface area (Å²) in [6.07, 6.45) is 0.533. The van der Waals surface area contributed by atoms with Crippen molar-refractivity contribution in [1.29, 1.82) is 0 Å². The molecule has 0 bridgehead atoms. The molecule has 0 aliphatic carbocycles. The Morgan fingerprint density at radius 3 is 2.86 bits per heavy atom. The summed E-state index contributed by atoms with van der Waals surface area (Å²) in [4.78, 5) is 10.6. The minimum Gasteiger partial charge on any atom is -0.480 e. The van der Waals surface area contributed by atoms with E-state index in [1.54, 1.807) is 12.1 Å². The minimum atomic E-state index is -0.855. The van der Waals surface area contributed by atoms with Gasteiger partial charge in [-0.2, -0.15) is 0 Å². The van der Waals surface area contributed by atoms with Crippen molar-refractivity contribution in [2.75, 3.05) is 5.73 Å². The third-order valence-corrected chi connectivity index (χ3v) is 1.91. The lowest BCUT2D eigenvalue weighted by molar-refractivity contribution is -0.139. The molecule has 5 nitrogen and oxygen atoms in total. The summed E-state index contributed by atoms with van der Waals surface area (Å²) in [5.74, 6) is 0.124. The lowest BCUT2D eigenvalue weighted by Gasteiger charge is -2.10. The Kier molecular flexibility index (Phi) is 3.53. The molecule has 1 aromatic heterocycles. The van der Waals surface area contributed by atoms with Crippen molar-refractivity contribution in [2.45, 2.75) is 25.9 Å². The molecule has 1 rings (SSSR count).